The largest absolute Gasteiger partial charge is 0.480 e. The maximum absolute atomic E-state index is 10.7. The zero-order chi connectivity index (χ0) is 8.01. The van der Waals surface area contributed by atoms with Gasteiger partial charge in [0.15, 0.2) is 7.98 Å². The number of aliphatic carboxylic acids is 1. The number of fused-ring (bicyclic) bond motifs is 2. The SMILES string of the molecule is [B]N1C2CCC(C2)[C@H]1C(=O)O. The minimum atomic E-state index is -0.764. The van der Waals surface area contributed by atoms with Crippen molar-refractivity contribution in [2.75, 3.05) is 0 Å². The molecule has 3 nitrogen and oxygen atoms in total. The van der Waals surface area contributed by atoms with E-state index in [-0.39, 0.29) is 0 Å². The van der Waals surface area contributed by atoms with Crippen LogP contribution in [0.1, 0.15) is 19.3 Å². The van der Waals surface area contributed by atoms with Crippen LogP contribution in [0.5, 0.6) is 0 Å². The van der Waals surface area contributed by atoms with Crippen LogP contribution in [0, 0.1) is 5.92 Å². The second-order valence-electron chi connectivity index (χ2n) is 3.46. The molecule has 1 heterocycles. The van der Waals surface area contributed by atoms with E-state index >= 15 is 0 Å². The highest BCUT2D eigenvalue weighted by molar-refractivity contribution is 6.07. The first-order valence-corrected chi connectivity index (χ1v) is 3.96. The van der Waals surface area contributed by atoms with Gasteiger partial charge in [-0.1, -0.05) is 0 Å². The first-order valence-electron chi connectivity index (χ1n) is 3.96. The van der Waals surface area contributed by atoms with Crippen LogP contribution in [-0.4, -0.2) is 36.0 Å². The summed E-state index contributed by atoms with van der Waals surface area (Å²) in [5.41, 5.74) is 0. The number of carboxylic acids is 1. The molecule has 11 heavy (non-hydrogen) atoms. The molecule has 1 saturated carbocycles. The van der Waals surface area contributed by atoms with E-state index in [9.17, 15) is 4.79 Å². The van der Waals surface area contributed by atoms with Gasteiger partial charge in [0.2, 0.25) is 0 Å². The van der Waals surface area contributed by atoms with Gasteiger partial charge in [-0.15, -0.1) is 0 Å². The zero-order valence-electron chi connectivity index (χ0n) is 6.23. The normalized spacial score (nSPS) is 43.1. The lowest BCUT2D eigenvalue weighted by atomic mass is 9.97. The van der Waals surface area contributed by atoms with Crippen molar-refractivity contribution in [1.82, 2.24) is 4.81 Å². The van der Waals surface area contributed by atoms with Crippen molar-refractivity contribution < 1.29 is 9.90 Å². The summed E-state index contributed by atoms with van der Waals surface area (Å²) in [7, 11) is 5.62. The first-order chi connectivity index (χ1) is 5.20. The number of carboxylic acid groups (broad SMARTS) is 1. The van der Waals surface area contributed by atoms with E-state index in [4.69, 9.17) is 13.1 Å². The Morgan fingerprint density at radius 1 is 1.55 bits per heavy atom. The molecular formula is C7H10BNO2. The highest BCUT2D eigenvalue weighted by Crippen LogP contribution is 2.40. The lowest BCUT2D eigenvalue weighted by molar-refractivity contribution is -0.142. The minimum Gasteiger partial charge on any atom is -0.480 e. The lowest BCUT2D eigenvalue weighted by Crippen LogP contribution is -2.43. The second-order valence-corrected chi connectivity index (χ2v) is 3.46. The van der Waals surface area contributed by atoms with Crippen molar-refractivity contribution >= 4 is 14.0 Å². The quantitative estimate of drug-likeness (QED) is 0.536. The van der Waals surface area contributed by atoms with E-state index in [2.05, 4.69) is 0 Å². The highest BCUT2D eigenvalue weighted by atomic mass is 16.4. The van der Waals surface area contributed by atoms with Crippen LogP contribution in [0.4, 0.5) is 0 Å². The summed E-state index contributed by atoms with van der Waals surface area (Å²) in [6.45, 7) is 0. The molecule has 0 spiro atoms. The van der Waals surface area contributed by atoms with Crippen LogP contribution in [-0.2, 0) is 4.79 Å². The summed E-state index contributed by atoms with van der Waals surface area (Å²) < 4.78 is 0. The molecule has 4 heteroatoms. The topological polar surface area (TPSA) is 40.5 Å². The van der Waals surface area contributed by atoms with Crippen LogP contribution >= 0.6 is 0 Å². The standard InChI is InChI=1S/C7H10BNO2/c8-9-5-2-1-4(3-5)6(9)7(10)11/h4-6H,1-3H2,(H,10,11)/t4?,5?,6-/m0/s1. The summed E-state index contributed by atoms with van der Waals surface area (Å²) in [6, 6.07) is -0.0742. The summed E-state index contributed by atoms with van der Waals surface area (Å²) in [5, 5.41) is 8.78. The Hall–Kier alpha value is -0.505. The highest BCUT2D eigenvalue weighted by Gasteiger charge is 2.46. The van der Waals surface area contributed by atoms with Gasteiger partial charge in [0.25, 0.3) is 0 Å². The van der Waals surface area contributed by atoms with Crippen molar-refractivity contribution in [1.29, 1.82) is 0 Å². The van der Waals surface area contributed by atoms with Gasteiger partial charge >= 0.3 is 5.97 Å². The maximum Gasteiger partial charge on any atom is 0.320 e. The Balaban J connectivity index is 2.17. The van der Waals surface area contributed by atoms with E-state index in [1.54, 1.807) is 0 Å². The van der Waals surface area contributed by atoms with Gasteiger partial charge in [0, 0.05) is 0 Å². The van der Waals surface area contributed by atoms with Crippen molar-refractivity contribution in [2.45, 2.75) is 31.3 Å². The predicted octanol–water partition coefficient (Wildman–Crippen LogP) is 0.00740. The average molecular weight is 151 g/mol. The molecule has 2 rings (SSSR count). The molecule has 3 atom stereocenters. The molecule has 1 aliphatic heterocycles. The third-order valence-corrected chi connectivity index (χ3v) is 2.89. The van der Waals surface area contributed by atoms with Crippen molar-refractivity contribution in [3.05, 3.63) is 0 Å². The molecule has 1 saturated heterocycles. The van der Waals surface area contributed by atoms with Gasteiger partial charge < -0.3 is 9.92 Å². The molecule has 2 fully saturated rings. The molecule has 0 aromatic carbocycles. The average Bonchev–Trinajstić information content (AvgIpc) is 2.44. The van der Waals surface area contributed by atoms with Gasteiger partial charge in [-0.05, 0) is 31.2 Å². The van der Waals surface area contributed by atoms with E-state index < -0.39 is 12.0 Å². The van der Waals surface area contributed by atoms with E-state index in [0.29, 0.717) is 12.0 Å². The number of rotatable bonds is 1. The number of hydrogen-bond acceptors (Lipinski definition) is 2. The second kappa shape index (κ2) is 2.24. The fourth-order valence-corrected chi connectivity index (χ4v) is 2.35. The molecule has 2 bridgehead atoms. The molecule has 0 amide bonds. The van der Waals surface area contributed by atoms with Crippen molar-refractivity contribution in [3.8, 4) is 0 Å². The van der Waals surface area contributed by atoms with Gasteiger partial charge in [-0.3, -0.25) is 4.79 Å². The Bertz CT molecular complexity index is 195. The molecule has 2 aliphatic rings. The fourth-order valence-electron chi connectivity index (χ4n) is 2.35. The number of hydrogen-bond donors (Lipinski definition) is 1. The third-order valence-electron chi connectivity index (χ3n) is 2.89. The molecule has 1 N–H and O–H groups in total. The third kappa shape index (κ3) is 0.889. The van der Waals surface area contributed by atoms with Crippen LogP contribution < -0.4 is 0 Å². The molecule has 0 aromatic heterocycles. The molecule has 2 unspecified atom stereocenters. The summed E-state index contributed by atoms with van der Waals surface area (Å²) in [4.78, 5) is 12.2. The molecule has 0 aromatic rings. The summed E-state index contributed by atoms with van der Waals surface area (Å²) in [6.07, 6.45) is 3.09. The Labute approximate surface area is 66.8 Å². The monoisotopic (exact) mass is 151 g/mol. The number of nitrogens with zero attached hydrogens (tertiary/aromatic N) is 1. The van der Waals surface area contributed by atoms with E-state index in [1.807, 2.05) is 0 Å². The molecular weight excluding hydrogens is 141 g/mol. The Kier molecular flexibility index (Phi) is 1.46. The Morgan fingerprint density at radius 2 is 2.27 bits per heavy atom. The molecule has 2 radical (unpaired) electrons. The number of carbonyl (C=O) groups is 1. The van der Waals surface area contributed by atoms with Crippen LogP contribution in [0.3, 0.4) is 0 Å². The van der Waals surface area contributed by atoms with Crippen LogP contribution in [0.2, 0.25) is 0 Å². The van der Waals surface area contributed by atoms with Crippen molar-refractivity contribution in [3.63, 3.8) is 0 Å². The fraction of sp³-hybridized carbons (Fsp3) is 0.857. The summed E-state index contributed by atoms with van der Waals surface area (Å²) >= 11 is 0. The molecule has 58 valence electrons. The summed E-state index contributed by atoms with van der Waals surface area (Å²) in [5.74, 6) is -0.456. The van der Waals surface area contributed by atoms with Crippen LogP contribution in [0.25, 0.3) is 0 Å². The zero-order valence-corrected chi connectivity index (χ0v) is 6.23. The van der Waals surface area contributed by atoms with E-state index in [0.717, 1.165) is 19.3 Å². The Morgan fingerprint density at radius 3 is 2.64 bits per heavy atom. The van der Waals surface area contributed by atoms with Gasteiger partial charge in [-0.2, -0.15) is 0 Å². The first kappa shape index (κ1) is 7.16. The van der Waals surface area contributed by atoms with Crippen LogP contribution in [0.15, 0.2) is 0 Å². The number of piperidine rings is 1. The maximum atomic E-state index is 10.7. The van der Waals surface area contributed by atoms with Gasteiger partial charge in [0.05, 0.1) is 0 Å². The smallest absolute Gasteiger partial charge is 0.320 e. The molecule has 1 aliphatic carbocycles. The predicted molar refractivity (Wildman–Crippen MR) is 40.1 cm³/mol. The van der Waals surface area contributed by atoms with E-state index in [1.165, 1.54) is 4.81 Å². The minimum absolute atomic E-state index is 0.308. The van der Waals surface area contributed by atoms with Crippen molar-refractivity contribution in [2.24, 2.45) is 5.92 Å². The lowest BCUT2D eigenvalue weighted by Gasteiger charge is -2.29. The van der Waals surface area contributed by atoms with Gasteiger partial charge in [-0.25, -0.2) is 0 Å². The van der Waals surface area contributed by atoms with Gasteiger partial charge in [0.1, 0.15) is 6.04 Å².